The SMILES string of the molecule is Cl.Cl.O=C(O)C(CCN1CCOCC1)(CCN1CCOCC1)c1cccc2ccccc12. The Morgan fingerprint density at radius 3 is 1.84 bits per heavy atom. The number of carbonyl (C=O) groups is 1. The molecule has 2 aromatic carbocycles. The van der Waals surface area contributed by atoms with Gasteiger partial charge in [0.2, 0.25) is 0 Å². The molecule has 0 spiro atoms. The van der Waals surface area contributed by atoms with Gasteiger partial charge in [-0.2, -0.15) is 0 Å². The highest BCUT2D eigenvalue weighted by molar-refractivity contribution is 5.93. The highest BCUT2D eigenvalue weighted by Crippen LogP contribution is 2.37. The molecule has 1 N–H and O–H groups in total. The molecule has 0 saturated carbocycles. The molecule has 2 saturated heterocycles. The lowest BCUT2D eigenvalue weighted by molar-refractivity contribution is -0.145. The highest BCUT2D eigenvalue weighted by Gasteiger charge is 2.41. The Morgan fingerprint density at radius 1 is 0.812 bits per heavy atom. The number of nitrogens with zero attached hydrogens (tertiary/aromatic N) is 2. The van der Waals surface area contributed by atoms with Crippen molar-refractivity contribution in [3.05, 3.63) is 48.0 Å². The van der Waals surface area contributed by atoms with E-state index in [1.54, 1.807) is 0 Å². The van der Waals surface area contributed by atoms with Crippen molar-refractivity contribution in [2.24, 2.45) is 0 Å². The molecule has 32 heavy (non-hydrogen) atoms. The molecule has 0 aromatic heterocycles. The van der Waals surface area contributed by atoms with Crippen molar-refractivity contribution < 1.29 is 19.4 Å². The van der Waals surface area contributed by atoms with Gasteiger partial charge in [0, 0.05) is 26.2 Å². The van der Waals surface area contributed by atoms with Gasteiger partial charge in [-0.1, -0.05) is 42.5 Å². The number of aliphatic carboxylic acids is 1. The molecule has 0 radical (unpaired) electrons. The molecule has 2 aromatic rings. The highest BCUT2D eigenvalue weighted by atomic mass is 35.5. The Bertz CT molecular complexity index is 828. The summed E-state index contributed by atoms with van der Waals surface area (Å²) in [6, 6.07) is 14.2. The van der Waals surface area contributed by atoms with Crippen molar-refractivity contribution in [3.8, 4) is 0 Å². The second-order valence-electron chi connectivity index (χ2n) is 8.32. The van der Waals surface area contributed by atoms with Gasteiger partial charge in [-0.25, -0.2) is 0 Å². The summed E-state index contributed by atoms with van der Waals surface area (Å²) in [5, 5.41) is 12.8. The predicted molar refractivity (Wildman–Crippen MR) is 132 cm³/mol. The van der Waals surface area contributed by atoms with Crippen LogP contribution >= 0.6 is 24.8 Å². The lowest BCUT2D eigenvalue weighted by Gasteiger charge is -2.37. The van der Waals surface area contributed by atoms with Crippen LogP contribution in [0.4, 0.5) is 0 Å². The van der Waals surface area contributed by atoms with E-state index >= 15 is 0 Å². The first-order valence-electron chi connectivity index (χ1n) is 11.0. The van der Waals surface area contributed by atoms with Crippen molar-refractivity contribution in [2.75, 3.05) is 65.7 Å². The number of hydrogen-bond donors (Lipinski definition) is 1. The van der Waals surface area contributed by atoms with Crippen LogP contribution in [0.25, 0.3) is 10.8 Å². The third kappa shape index (κ3) is 6.13. The molecule has 0 amide bonds. The maximum Gasteiger partial charge on any atom is 0.314 e. The zero-order valence-electron chi connectivity index (χ0n) is 18.4. The van der Waals surface area contributed by atoms with Crippen LogP contribution in [-0.4, -0.2) is 86.6 Å². The smallest absolute Gasteiger partial charge is 0.314 e. The van der Waals surface area contributed by atoms with Gasteiger partial charge in [0.1, 0.15) is 0 Å². The lowest BCUT2D eigenvalue weighted by Crippen LogP contribution is -2.46. The molecule has 2 aliphatic rings. The Labute approximate surface area is 202 Å². The van der Waals surface area contributed by atoms with E-state index in [0.717, 1.165) is 82.0 Å². The summed E-state index contributed by atoms with van der Waals surface area (Å²) in [5.41, 5.74) is 0.0203. The van der Waals surface area contributed by atoms with Crippen LogP contribution < -0.4 is 0 Å². The van der Waals surface area contributed by atoms with Crippen molar-refractivity contribution in [1.82, 2.24) is 9.80 Å². The Balaban J connectivity index is 0.00000181. The molecule has 4 rings (SSSR count). The minimum absolute atomic E-state index is 0. The van der Waals surface area contributed by atoms with Gasteiger partial charge in [-0.3, -0.25) is 14.6 Å². The molecule has 2 heterocycles. The van der Waals surface area contributed by atoms with Crippen molar-refractivity contribution in [2.45, 2.75) is 18.3 Å². The van der Waals surface area contributed by atoms with E-state index in [1.165, 1.54) is 0 Å². The number of halogens is 2. The number of hydrogen-bond acceptors (Lipinski definition) is 5. The zero-order chi connectivity index (χ0) is 20.8. The molecule has 2 aliphatic heterocycles. The molecule has 8 heteroatoms. The summed E-state index contributed by atoms with van der Waals surface area (Å²) in [5.74, 6) is -0.722. The van der Waals surface area contributed by atoms with Gasteiger partial charge >= 0.3 is 5.97 Å². The largest absolute Gasteiger partial charge is 0.481 e. The average Bonchev–Trinajstić information content (AvgIpc) is 2.80. The van der Waals surface area contributed by atoms with E-state index in [-0.39, 0.29) is 24.8 Å². The summed E-state index contributed by atoms with van der Waals surface area (Å²) in [6.45, 7) is 7.91. The molecule has 0 aliphatic carbocycles. The molecule has 6 nitrogen and oxygen atoms in total. The second kappa shape index (κ2) is 12.7. The zero-order valence-corrected chi connectivity index (χ0v) is 20.0. The van der Waals surface area contributed by atoms with Crippen molar-refractivity contribution in [3.63, 3.8) is 0 Å². The third-order valence-corrected chi connectivity index (χ3v) is 6.63. The van der Waals surface area contributed by atoms with Crippen molar-refractivity contribution >= 4 is 41.6 Å². The first-order valence-corrected chi connectivity index (χ1v) is 11.0. The summed E-state index contributed by atoms with van der Waals surface area (Å²) >= 11 is 0. The number of carboxylic acid groups (broad SMARTS) is 1. The number of fused-ring (bicyclic) bond motifs is 1. The van der Waals surface area contributed by atoms with Gasteiger partial charge in [0.05, 0.1) is 31.8 Å². The van der Waals surface area contributed by atoms with Crippen LogP contribution in [0.2, 0.25) is 0 Å². The van der Waals surface area contributed by atoms with Crippen LogP contribution in [0.3, 0.4) is 0 Å². The first kappa shape index (κ1) is 26.8. The second-order valence-corrected chi connectivity index (χ2v) is 8.32. The predicted octanol–water partition coefficient (Wildman–Crippen LogP) is 3.45. The maximum atomic E-state index is 12.9. The molecule has 0 bridgehead atoms. The van der Waals surface area contributed by atoms with Crippen LogP contribution in [-0.2, 0) is 19.7 Å². The average molecular weight is 485 g/mol. The Morgan fingerprint density at radius 2 is 1.31 bits per heavy atom. The van der Waals surface area contributed by atoms with Gasteiger partial charge < -0.3 is 14.6 Å². The van der Waals surface area contributed by atoms with E-state index in [4.69, 9.17) is 9.47 Å². The van der Waals surface area contributed by atoms with E-state index < -0.39 is 11.4 Å². The van der Waals surface area contributed by atoms with E-state index in [2.05, 4.69) is 28.0 Å². The topological polar surface area (TPSA) is 62.2 Å². The Hall–Kier alpha value is -1.41. The summed E-state index contributed by atoms with van der Waals surface area (Å²) in [6.07, 6.45) is 1.20. The van der Waals surface area contributed by atoms with E-state index in [9.17, 15) is 9.90 Å². The third-order valence-electron chi connectivity index (χ3n) is 6.63. The summed E-state index contributed by atoms with van der Waals surface area (Å²) in [4.78, 5) is 17.6. The summed E-state index contributed by atoms with van der Waals surface area (Å²) in [7, 11) is 0. The molecule has 0 unspecified atom stereocenters. The van der Waals surface area contributed by atoms with E-state index in [0.29, 0.717) is 12.8 Å². The lowest BCUT2D eigenvalue weighted by atomic mass is 9.72. The minimum atomic E-state index is -0.919. The first-order chi connectivity index (χ1) is 14.7. The van der Waals surface area contributed by atoms with Crippen LogP contribution in [0.1, 0.15) is 18.4 Å². The number of benzene rings is 2. The normalized spacial score (nSPS) is 18.0. The van der Waals surface area contributed by atoms with Gasteiger partial charge in [0.15, 0.2) is 0 Å². The molecular formula is C24H34Cl2N2O4. The van der Waals surface area contributed by atoms with Gasteiger partial charge in [-0.05, 0) is 42.3 Å². The fourth-order valence-electron chi connectivity index (χ4n) is 4.71. The van der Waals surface area contributed by atoms with E-state index in [1.807, 2.05) is 24.3 Å². The van der Waals surface area contributed by atoms with Gasteiger partial charge in [0.25, 0.3) is 0 Å². The van der Waals surface area contributed by atoms with Crippen LogP contribution in [0.15, 0.2) is 42.5 Å². The fourth-order valence-corrected chi connectivity index (χ4v) is 4.71. The van der Waals surface area contributed by atoms with Gasteiger partial charge in [-0.15, -0.1) is 24.8 Å². The summed E-state index contributed by atoms with van der Waals surface area (Å²) < 4.78 is 10.9. The molecule has 178 valence electrons. The quantitative estimate of drug-likeness (QED) is 0.618. The van der Waals surface area contributed by atoms with Crippen LogP contribution in [0, 0.1) is 0 Å². The molecular weight excluding hydrogens is 451 g/mol. The number of rotatable bonds is 8. The molecule has 2 fully saturated rings. The van der Waals surface area contributed by atoms with Crippen LogP contribution in [0.5, 0.6) is 0 Å². The monoisotopic (exact) mass is 484 g/mol. The standard InChI is InChI=1S/C24H32N2O4.2ClH/c27-23(28)24(8-10-25-12-16-29-17-13-25,9-11-26-14-18-30-19-15-26)22-7-3-5-20-4-1-2-6-21(20)22;;/h1-7H,8-19H2,(H,27,28);2*1H. The fraction of sp³-hybridized carbons (Fsp3) is 0.542. The minimum Gasteiger partial charge on any atom is -0.481 e. The number of morpholine rings is 2. The maximum absolute atomic E-state index is 12.9. The van der Waals surface area contributed by atoms with Crippen molar-refractivity contribution in [1.29, 1.82) is 0 Å². The Kier molecular flexibility index (Phi) is 10.7. The number of carboxylic acids is 1. The molecule has 0 atom stereocenters. The number of ether oxygens (including phenoxy) is 2.